The van der Waals surface area contributed by atoms with Gasteiger partial charge in [0.1, 0.15) is 0 Å². The van der Waals surface area contributed by atoms with E-state index in [9.17, 15) is 0 Å². The Morgan fingerprint density at radius 3 is 2.72 bits per heavy atom. The maximum Gasteiger partial charge on any atom is 0.0637 e. The van der Waals surface area contributed by atoms with Gasteiger partial charge in [-0.1, -0.05) is 41.4 Å². The standard InChI is InChI=1S/C14H14Cl2N2/c1-10(13-7-2-3-8-17-13)18-9-11-5-4-6-12(15)14(11)16/h2-8,10,18H,9H2,1H3/t10-/m0/s1. The van der Waals surface area contributed by atoms with Crippen molar-refractivity contribution in [1.82, 2.24) is 10.3 Å². The third kappa shape index (κ3) is 3.22. The lowest BCUT2D eigenvalue weighted by molar-refractivity contribution is 0.561. The maximum absolute atomic E-state index is 6.14. The molecule has 1 aromatic carbocycles. The van der Waals surface area contributed by atoms with E-state index in [1.54, 1.807) is 12.3 Å². The summed E-state index contributed by atoms with van der Waals surface area (Å²) in [6.45, 7) is 2.73. The summed E-state index contributed by atoms with van der Waals surface area (Å²) in [5, 5.41) is 4.57. The van der Waals surface area contributed by atoms with E-state index >= 15 is 0 Å². The molecule has 94 valence electrons. The van der Waals surface area contributed by atoms with Gasteiger partial charge in [0.05, 0.1) is 15.7 Å². The number of pyridine rings is 1. The van der Waals surface area contributed by atoms with Crippen LogP contribution in [-0.2, 0) is 6.54 Å². The molecule has 0 radical (unpaired) electrons. The number of halogens is 2. The molecule has 0 unspecified atom stereocenters. The smallest absolute Gasteiger partial charge is 0.0637 e. The molecule has 2 aromatic rings. The average molecular weight is 281 g/mol. The normalized spacial score (nSPS) is 12.4. The minimum Gasteiger partial charge on any atom is -0.305 e. The van der Waals surface area contributed by atoms with Gasteiger partial charge >= 0.3 is 0 Å². The van der Waals surface area contributed by atoms with E-state index < -0.39 is 0 Å². The molecule has 2 nitrogen and oxygen atoms in total. The molecule has 0 aliphatic carbocycles. The van der Waals surface area contributed by atoms with E-state index in [2.05, 4.69) is 17.2 Å². The second-order valence-corrected chi connectivity index (χ2v) is 4.86. The van der Waals surface area contributed by atoms with Gasteiger partial charge in [-0.3, -0.25) is 4.98 Å². The van der Waals surface area contributed by atoms with E-state index in [0.29, 0.717) is 16.6 Å². The predicted molar refractivity (Wildman–Crippen MR) is 76.0 cm³/mol. The van der Waals surface area contributed by atoms with Crippen molar-refractivity contribution in [3.63, 3.8) is 0 Å². The first-order valence-corrected chi connectivity index (χ1v) is 6.51. The van der Waals surface area contributed by atoms with Crippen molar-refractivity contribution in [3.05, 3.63) is 63.9 Å². The lowest BCUT2D eigenvalue weighted by atomic mass is 10.2. The maximum atomic E-state index is 6.14. The molecular formula is C14H14Cl2N2. The van der Waals surface area contributed by atoms with Crippen LogP contribution >= 0.6 is 23.2 Å². The third-order valence-electron chi connectivity index (χ3n) is 2.76. The Kier molecular flexibility index (Phi) is 4.59. The summed E-state index contributed by atoms with van der Waals surface area (Å²) in [6.07, 6.45) is 1.79. The molecule has 1 aromatic heterocycles. The number of nitrogens with one attached hydrogen (secondary N) is 1. The Hall–Kier alpha value is -1.09. The SMILES string of the molecule is C[C@H](NCc1cccc(Cl)c1Cl)c1ccccn1. The molecule has 2 rings (SSSR count). The Labute approximate surface area is 117 Å². The van der Waals surface area contributed by atoms with Gasteiger partial charge in [0.2, 0.25) is 0 Å². The highest BCUT2D eigenvalue weighted by Gasteiger charge is 2.08. The minimum atomic E-state index is 0.168. The van der Waals surface area contributed by atoms with E-state index in [1.807, 2.05) is 30.3 Å². The van der Waals surface area contributed by atoms with Crippen molar-refractivity contribution in [2.75, 3.05) is 0 Å². The van der Waals surface area contributed by atoms with E-state index in [0.717, 1.165) is 11.3 Å². The number of aromatic nitrogens is 1. The Morgan fingerprint density at radius 1 is 1.17 bits per heavy atom. The van der Waals surface area contributed by atoms with Crippen LogP contribution in [0.4, 0.5) is 0 Å². The summed E-state index contributed by atoms with van der Waals surface area (Å²) in [5.41, 5.74) is 2.00. The number of hydrogen-bond acceptors (Lipinski definition) is 2. The fraction of sp³-hybridized carbons (Fsp3) is 0.214. The number of nitrogens with zero attached hydrogens (tertiary/aromatic N) is 1. The molecule has 0 spiro atoms. The molecule has 0 bridgehead atoms. The first kappa shape index (κ1) is 13.3. The van der Waals surface area contributed by atoms with Crippen molar-refractivity contribution >= 4 is 23.2 Å². The molecule has 0 fully saturated rings. The number of rotatable bonds is 4. The van der Waals surface area contributed by atoms with Crippen LogP contribution in [0.5, 0.6) is 0 Å². The molecule has 4 heteroatoms. The molecule has 1 heterocycles. The van der Waals surface area contributed by atoms with Gasteiger partial charge in [-0.05, 0) is 30.7 Å². The zero-order chi connectivity index (χ0) is 13.0. The summed E-state index contributed by atoms with van der Waals surface area (Å²) >= 11 is 12.1. The Bertz CT molecular complexity index is 514. The summed E-state index contributed by atoms with van der Waals surface area (Å²) in [4.78, 5) is 4.31. The molecule has 0 aliphatic rings. The van der Waals surface area contributed by atoms with Gasteiger partial charge in [-0.25, -0.2) is 0 Å². The highest BCUT2D eigenvalue weighted by molar-refractivity contribution is 6.42. The van der Waals surface area contributed by atoms with Gasteiger partial charge in [0, 0.05) is 18.8 Å². The van der Waals surface area contributed by atoms with Crippen LogP contribution in [0.3, 0.4) is 0 Å². The number of hydrogen-bond donors (Lipinski definition) is 1. The van der Waals surface area contributed by atoms with E-state index in [4.69, 9.17) is 23.2 Å². The molecule has 0 aliphatic heterocycles. The van der Waals surface area contributed by atoms with E-state index in [1.165, 1.54) is 0 Å². The molecule has 18 heavy (non-hydrogen) atoms. The zero-order valence-corrected chi connectivity index (χ0v) is 11.5. The largest absolute Gasteiger partial charge is 0.305 e. The summed E-state index contributed by atoms with van der Waals surface area (Å²) in [6, 6.07) is 11.7. The topological polar surface area (TPSA) is 24.9 Å². The van der Waals surface area contributed by atoms with Gasteiger partial charge in [0.15, 0.2) is 0 Å². The number of benzene rings is 1. The van der Waals surface area contributed by atoms with Crippen LogP contribution in [-0.4, -0.2) is 4.98 Å². The average Bonchev–Trinajstić information content (AvgIpc) is 2.41. The van der Waals surface area contributed by atoms with E-state index in [-0.39, 0.29) is 6.04 Å². The monoisotopic (exact) mass is 280 g/mol. The quantitative estimate of drug-likeness (QED) is 0.906. The van der Waals surface area contributed by atoms with Crippen molar-refractivity contribution in [2.24, 2.45) is 0 Å². The summed E-state index contributed by atoms with van der Waals surface area (Å²) < 4.78 is 0. The lowest BCUT2D eigenvalue weighted by Crippen LogP contribution is -2.19. The Balaban J connectivity index is 2.02. The fourth-order valence-electron chi connectivity index (χ4n) is 1.68. The van der Waals surface area contributed by atoms with Crippen molar-refractivity contribution < 1.29 is 0 Å². The second-order valence-electron chi connectivity index (χ2n) is 4.07. The third-order valence-corrected chi connectivity index (χ3v) is 3.62. The molecule has 1 atom stereocenters. The lowest BCUT2D eigenvalue weighted by Gasteiger charge is -2.14. The van der Waals surface area contributed by atoms with Crippen molar-refractivity contribution in [2.45, 2.75) is 19.5 Å². The molecular weight excluding hydrogens is 267 g/mol. The summed E-state index contributed by atoms with van der Waals surface area (Å²) in [7, 11) is 0. The van der Waals surface area contributed by atoms with Gasteiger partial charge in [-0.2, -0.15) is 0 Å². The minimum absolute atomic E-state index is 0.168. The van der Waals surface area contributed by atoms with Crippen LogP contribution < -0.4 is 5.32 Å². The Morgan fingerprint density at radius 2 is 2.00 bits per heavy atom. The van der Waals surface area contributed by atoms with Gasteiger partial charge < -0.3 is 5.32 Å². The molecule has 0 saturated heterocycles. The van der Waals surface area contributed by atoms with Crippen LogP contribution in [0.15, 0.2) is 42.6 Å². The zero-order valence-electron chi connectivity index (χ0n) is 10.0. The van der Waals surface area contributed by atoms with Crippen molar-refractivity contribution in [3.8, 4) is 0 Å². The first-order valence-electron chi connectivity index (χ1n) is 5.75. The molecule has 1 N–H and O–H groups in total. The molecule has 0 saturated carbocycles. The van der Waals surface area contributed by atoms with Gasteiger partial charge in [0.25, 0.3) is 0 Å². The van der Waals surface area contributed by atoms with Gasteiger partial charge in [-0.15, -0.1) is 0 Å². The van der Waals surface area contributed by atoms with Crippen LogP contribution in [0.25, 0.3) is 0 Å². The first-order chi connectivity index (χ1) is 8.68. The summed E-state index contributed by atoms with van der Waals surface area (Å²) in [5.74, 6) is 0. The predicted octanol–water partition coefficient (Wildman–Crippen LogP) is 4.24. The van der Waals surface area contributed by atoms with Crippen LogP contribution in [0, 0.1) is 0 Å². The highest BCUT2D eigenvalue weighted by atomic mass is 35.5. The van der Waals surface area contributed by atoms with Crippen LogP contribution in [0.1, 0.15) is 24.2 Å². The second kappa shape index (κ2) is 6.19. The van der Waals surface area contributed by atoms with Crippen molar-refractivity contribution in [1.29, 1.82) is 0 Å². The highest BCUT2D eigenvalue weighted by Crippen LogP contribution is 2.25. The van der Waals surface area contributed by atoms with Crippen LogP contribution in [0.2, 0.25) is 10.0 Å². The fourth-order valence-corrected chi connectivity index (χ4v) is 2.07. The molecule has 0 amide bonds.